The van der Waals surface area contributed by atoms with Crippen LogP contribution in [0.5, 0.6) is 0 Å². The zero-order chi connectivity index (χ0) is 21.0. The van der Waals surface area contributed by atoms with Crippen molar-refractivity contribution in [3.05, 3.63) is 64.7 Å². The third-order valence-corrected chi connectivity index (χ3v) is 4.60. The molecule has 1 aliphatic heterocycles. The molecule has 1 atom stereocenters. The molecule has 7 heteroatoms. The van der Waals surface area contributed by atoms with Crippen molar-refractivity contribution in [3.8, 4) is 0 Å². The molecule has 2 amide bonds. The number of nitrogens with zero attached hydrogens (tertiary/aromatic N) is 1. The summed E-state index contributed by atoms with van der Waals surface area (Å²) < 4.78 is 11.1. The van der Waals surface area contributed by atoms with E-state index in [-0.39, 0.29) is 12.0 Å². The number of amides is 2. The fourth-order valence-electron chi connectivity index (χ4n) is 3.05. The summed E-state index contributed by atoms with van der Waals surface area (Å²) >= 11 is 5.95. The molecular formula is C22H25ClN2O4. The normalized spacial score (nSPS) is 17.0. The van der Waals surface area contributed by atoms with Crippen LogP contribution in [-0.4, -0.2) is 42.2 Å². The minimum Gasteiger partial charge on any atom is -0.444 e. The Morgan fingerprint density at radius 2 is 1.90 bits per heavy atom. The molecule has 1 saturated heterocycles. The van der Waals surface area contributed by atoms with Crippen molar-refractivity contribution < 1.29 is 19.1 Å². The lowest BCUT2D eigenvalue weighted by molar-refractivity contribution is -0.0228. The Kier molecular flexibility index (Phi) is 6.45. The van der Waals surface area contributed by atoms with Crippen LogP contribution in [0.2, 0.25) is 5.02 Å². The Hall–Kier alpha value is -2.57. The maximum Gasteiger partial charge on any atom is 0.412 e. The van der Waals surface area contributed by atoms with Gasteiger partial charge >= 0.3 is 6.09 Å². The van der Waals surface area contributed by atoms with Gasteiger partial charge in [0.15, 0.2) is 0 Å². The Labute approximate surface area is 175 Å². The highest BCUT2D eigenvalue weighted by Gasteiger charge is 2.26. The van der Waals surface area contributed by atoms with Crippen LogP contribution in [-0.2, 0) is 9.47 Å². The van der Waals surface area contributed by atoms with E-state index in [0.717, 1.165) is 5.56 Å². The van der Waals surface area contributed by atoms with E-state index in [0.29, 0.717) is 36.0 Å². The first-order chi connectivity index (χ1) is 13.7. The maximum atomic E-state index is 13.0. The van der Waals surface area contributed by atoms with E-state index < -0.39 is 11.7 Å². The highest BCUT2D eigenvalue weighted by Crippen LogP contribution is 2.25. The van der Waals surface area contributed by atoms with Gasteiger partial charge in [0.1, 0.15) is 11.7 Å². The van der Waals surface area contributed by atoms with Crippen molar-refractivity contribution in [2.75, 3.05) is 25.0 Å². The summed E-state index contributed by atoms with van der Waals surface area (Å²) in [5.74, 6) is -0.111. The van der Waals surface area contributed by atoms with Crippen LogP contribution in [0, 0.1) is 0 Å². The summed E-state index contributed by atoms with van der Waals surface area (Å²) in [5, 5.41) is 3.33. The smallest absolute Gasteiger partial charge is 0.412 e. The number of benzene rings is 2. The lowest BCUT2D eigenvalue weighted by Crippen LogP contribution is -2.42. The average Bonchev–Trinajstić information content (AvgIpc) is 2.67. The van der Waals surface area contributed by atoms with Crippen LogP contribution in [0.25, 0.3) is 0 Å². The lowest BCUT2D eigenvalue weighted by atomic mass is 10.1. The van der Waals surface area contributed by atoms with Gasteiger partial charge in [-0.15, -0.1) is 0 Å². The second kappa shape index (κ2) is 8.84. The van der Waals surface area contributed by atoms with Gasteiger partial charge in [0, 0.05) is 22.8 Å². The van der Waals surface area contributed by atoms with Gasteiger partial charge < -0.3 is 14.4 Å². The number of hydrogen-bond donors (Lipinski definition) is 1. The number of morpholine rings is 1. The third-order valence-electron chi connectivity index (χ3n) is 4.35. The number of nitrogens with one attached hydrogen (secondary N) is 1. The highest BCUT2D eigenvalue weighted by atomic mass is 35.5. The Morgan fingerprint density at radius 1 is 1.17 bits per heavy atom. The van der Waals surface area contributed by atoms with E-state index in [4.69, 9.17) is 21.1 Å². The van der Waals surface area contributed by atoms with Crippen LogP contribution >= 0.6 is 11.6 Å². The van der Waals surface area contributed by atoms with Crippen molar-refractivity contribution in [1.29, 1.82) is 0 Å². The molecule has 1 aliphatic rings. The van der Waals surface area contributed by atoms with Gasteiger partial charge in [0.25, 0.3) is 5.91 Å². The average molecular weight is 417 g/mol. The van der Waals surface area contributed by atoms with Gasteiger partial charge in [-0.3, -0.25) is 10.1 Å². The second-order valence-electron chi connectivity index (χ2n) is 7.87. The lowest BCUT2D eigenvalue weighted by Gasteiger charge is -2.33. The van der Waals surface area contributed by atoms with Gasteiger partial charge in [-0.2, -0.15) is 0 Å². The molecule has 0 spiro atoms. The number of anilines is 1. The predicted molar refractivity (Wildman–Crippen MR) is 112 cm³/mol. The van der Waals surface area contributed by atoms with Crippen molar-refractivity contribution in [2.45, 2.75) is 32.5 Å². The molecular weight excluding hydrogens is 392 g/mol. The van der Waals surface area contributed by atoms with E-state index >= 15 is 0 Å². The molecule has 1 unspecified atom stereocenters. The first kappa shape index (κ1) is 21.1. The van der Waals surface area contributed by atoms with Crippen molar-refractivity contribution in [3.63, 3.8) is 0 Å². The molecule has 0 bridgehead atoms. The summed E-state index contributed by atoms with van der Waals surface area (Å²) in [6, 6.07) is 14.3. The molecule has 29 heavy (non-hydrogen) atoms. The Morgan fingerprint density at radius 3 is 2.59 bits per heavy atom. The molecule has 2 aromatic carbocycles. The summed E-state index contributed by atoms with van der Waals surface area (Å²) in [6.45, 7) is 6.79. The second-order valence-corrected chi connectivity index (χ2v) is 8.31. The van der Waals surface area contributed by atoms with Crippen LogP contribution in [0.1, 0.15) is 42.8 Å². The zero-order valence-corrected chi connectivity index (χ0v) is 17.5. The molecule has 0 aromatic heterocycles. The van der Waals surface area contributed by atoms with E-state index in [1.165, 1.54) is 0 Å². The largest absolute Gasteiger partial charge is 0.444 e. The molecule has 2 aromatic rings. The quantitative estimate of drug-likeness (QED) is 0.772. The fraction of sp³-hybridized carbons (Fsp3) is 0.364. The van der Waals surface area contributed by atoms with Crippen LogP contribution in [0.15, 0.2) is 48.5 Å². The van der Waals surface area contributed by atoms with E-state index in [1.807, 2.05) is 24.3 Å². The maximum absolute atomic E-state index is 13.0. The Bertz CT molecular complexity index is 877. The van der Waals surface area contributed by atoms with Gasteiger partial charge in [0.05, 0.1) is 13.2 Å². The van der Waals surface area contributed by atoms with Gasteiger partial charge in [-0.05, 0) is 56.7 Å². The van der Waals surface area contributed by atoms with E-state index in [2.05, 4.69) is 5.32 Å². The van der Waals surface area contributed by atoms with Gasteiger partial charge in [-0.1, -0.05) is 29.8 Å². The molecule has 3 rings (SSSR count). The first-order valence-corrected chi connectivity index (χ1v) is 9.85. The van der Waals surface area contributed by atoms with E-state index in [9.17, 15) is 9.59 Å². The number of carbonyl (C=O) groups is 2. The summed E-state index contributed by atoms with van der Waals surface area (Å²) in [4.78, 5) is 26.7. The van der Waals surface area contributed by atoms with Crippen LogP contribution in [0.3, 0.4) is 0 Å². The number of rotatable bonds is 3. The summed E-state index contributed by atoms with van der Waals surface area (Å²) in [5.41, 5.74) is 1.39. The standard InChI is InChI=1S/C22H25ClN2O4/c1-22(2,3)29-21(27)24-18-6-4-5-16(13-18)20(26)25-11-12-28-19(14-25)15-7-9-17(23)10-8-15/h4-10,13,19H,11-12,14H2,1-3H3,(H,24,27). The zero-order valence-electron chi connectivity index (χ0n) is 16.8. The van der Waals surface area contributed by atoms with Crippen molar-refractivity contribution in [2.24, 2.45) is 0 Å². The number of ether oxygens (including phenoxy) is 2. The molecule has 0 aliphatic carbocycles. The van der Waals surface area contributed by atoms with Crippen molar-refractivity contribution in [1.82, 2.24) is 4.90 Å². The molecule has 0 radical (unpaired) electrons. The molecule has 1 fully saturated rings. The predicted octanol–water partition coefficient (Wildman–Crippen LogP) is 4.90. The first-order valence-electron chi connectivity index (χ1n) is 9.48. The Balaban J connectivity index is 1.68. The third kappa shape index (κ3) is 5.95. The summed E-state index contributed by atoms with van der Waals surface area (Å²) in [7, 11) is 0. The topological polar surface area (TPSA) is 67.9 Å². The molecule has 1 N–H and O–H groups in total. The van der Waals surface area contributed by atoms with Gasteiger partial charge in [-0.25, -0.2) is 4.79 Å². The SMILES string of the molecule is CC(C)(C)OC(=O)Nc1cccc(C(=O)N2CCOC(c3ccc(Cl)cc3)C2)c1. The fourth-order valence-corrected chi connectivity index (χ4v) is 3.17. The molecule has 0 saturated carbocycles. The van der Waals surface area contributed by atoms with Crippen LogP contribution in [0.4, 0.5) is 10.5 Å². The summed E-state index contributed by atoms with van der Waals surface area (Å²) in [6.07, 6.45) is -0.760. The van der Waals surface area contributed by atoms with Crippen molar-refractivity contribution >= 4 is 29.3 Å². The number of hydrogen-bond acceptors (Lipinski definition) is 4. The monoisotopic (exact) mass is 416 g/mol. The minimum absolute atomic E-state index is 0.111. The minimum atomic E-state index is -0.595. The number of carbonyl (C=O) groups excluding carboxylic acids is 2. The molecule has 154 valence electrons. The number of halogens is 1. The van der Waals surface area contributed by atoms with E-state index in [1.54, 1.807) is 49.9 Å². The highest BCUT2D eigenvalue weighted by molar-refractivity contribution is 6.30. The molecule has 1 heterocycles. The van der Waals surface area contributed by atoms with Crippen LogP contribution < -0.4 is 5.32 Å². The molecule has 6 nitrogen and oxygen atoms in total. The van der Waals surface area contributed by atoms with Gasteiger partial charge in [0.2, 0.25) is 0 Å².